The third-order valence-corrected chi connectivity index (χ3v) is 4.94. The molecule has 0 saturated carbocycles. The lowest BCUT2D eigenvalue weighted by molar-refractivity contribution is 0.0684. The summed E-state index contributed by atoms with van der Waals surface area (Å²) in [5.74, 6) is -1.51. The lowest BCUT2D eigenvalue weighted by Gasteiger charge is -2.06. The van der Waals surface area contributed by atoms with Crippen molar-refractivity contribution in [3.63, 3.8) is 0 Å². The Morgan fingerprint density at radius 3 is 2.78 bits per heavy atom. The molecule has 1 amide bonds. The van der Waals surface area contributed by atoms with Crippen molar-refractivity contribution in [3.05, 3.63) is 81.9 Å². The lowest BCUT2D eigenvalue weighted by atomic mass is 10.2. The van der Waals surface area contributed by atoms with Gasteiger partial charge in [-0.1, -0.05) is 30.3 Å². The Kier molecular flexibility index (Phi) is 4.39. The Bertz CT molecular complexity index is 1200. The SMILES string of the molecule is O=C(/N=c1\scc(C(=O)O)n1Cc1ccccc1)c1c[nH]c2ncccc12. The van der Waals surface area contributed by atoms with Crippen LogP contribution in [0, 0.1) is 0 Å². The summed E-state index contributed by atoms with van der Waals surface area (Å²) < 4.78 is 1.54. The number of H-pyrrole nitrogens is 1. The van der Waals surface area contributed by atoms with Crippen molar-refractivity contribution in [3.8, 4) is 0 Å². The van der Waals surface area contributed by atoms with E-state index in [9.17, 15) is 14.7 Å². The summed E-state index contributed by atoms with van der Waals surface area (Å²) >= 11 is 1.12. The van der Waals surface area contributed by atoms with Gasteiger partial charge in [0.2, 0.25) is 0 Å². The Balaban J connectivity index is 1.79. The molecule has 1 aromatic carbocycles. The Morgan fingerprint density at radius 2 is 2.00 bits per heavy atom. The first-order valence-corrected chi connectivity index (χ1v) is 8.98. The molecule has 3 heterocycles. The molecule has 134 valence electrons. The first-order valence-electron chi connectivity index (χ1n) is 8.10. The average molecular weight is 378 g/mol. The van der Waals surface area contributed by atoms with Gasteiger partial charge in [0.05, 0.1) is 12.1 Å². The number of fused-ring (bicyclic) bond motifs is 1. The monoisotopic (exact) mass is 378 g/mol. The van der Waals surface area contributed by atoms with Gasteiger partial charge in [-0.05, 0) is 17.7 Å². The smallest absolute Gasteiger partial charge is 0.353 e. The third-order valence-electron chi connectivity index (χ3n) is 4.08. The highest BCUT2D eigenvalue weighted by Gasteiger charge is 2.16. The molecule has 0 spiro atoms. The number of aromatic nitrogens is 3. The van der Waals surface area contributed by atoms with Crippen LogP contribution in [0.1, 0.15) is 26.4 Å². The number of nitrogens with zero attached hydrogens (tertiary/aromatic N) is 3. The predicted molar refractivity (Wildman–Crippen MR) is 101 cm³/mol. The number of thiazole rings is 1. The summed E-state index contributed by atoms with van der Waals surface area (Å²) in [6.45, 7) is 0.313. The van der Waals surface area contributed by atoms with E-state index in [-0.39, 0.29) is 5.69 Å². The van der Waals surface area contributed by atoms with Gasteiger partial charge < -0.3 is 14.7 Å². The van der Waals surface area contributed by atoms with E-state index >= 15 is 0 Å². The van der Waals surface area contributed by atoms with Crippen molar-refractivity contribution >= 4 is 34.2 Å². The van der Waals surface area contributed by atoms with Crippen LogP contribution in [0.4, 0.5) is 0 Å². The van der Waals surface area contributed by atoms with E-state index in [2.05, 4.69) is 15.0 Å². The molecule has 0 radical (unpaired) electrons. The number of carbonyl (C=O) groups is 2. The van der Waals surface area contributed by atoms with Crippen molar-refractivity contribution < 1.29 is 14.7 Å². The highest BCUT2D eigenvalue weighted by molar-refractivity contribution is 7.07. The van der Waals surface area contributed by atoms with Gasteiger partial charge in [-0.15, -0.1) is 11.3 Å². The van der Waals surface area contributed by atoms with Gasteiger partial charge >= 0.3 is 5.97 Å². The fourth-order valence-electron chi connectivity index (χ4n) is 2.79. The van der Waals surface area contributed by atoms with Crippen molar-refractivity contribution in [1.29, 1.82) is 0 Å². The molecule has 27 heavy (non-hydrogen) atoms. The molecule has 0 aliphatic heterocycles. The van der Waals surface area contributed by atoms with Crippen LogP contribution in [0.3, 0.4) is 0 Å². The Labute approximate surface area is 157 Å². The number of pyridine rings is 1. The van der Waals surface area contributed by atoms with E-state index < -0.39 is 11.9 Å². The number of hydrogen-bond acceptors (Lipinski definition) is 4. The van der Waals surface area contributed by atoms with Crippen LogP contribution in [0.2, 0.25) is 0 Å². The number of hydrogen-bond donors (Lipinski definition) is 2. The number of nitrogens with one attached hydrogen (secondary N) is 1. The van der Waals surface area contributed by atoms with E-state index in [1.54, 1.807) is 24.5 Å². The lowest BCUT2D eigenvalue weighted by Crippen LogP contribution is -2.22. The third kappa shape index (κ3) is 3.30. The molecule has 0 aliphatic rings. The molecule has 3 aromatic heterocycles. The molecular weight excluding hydrogens is 364 g/mol. The minimum absolute atomic E-state index is 0.0935. The van der Waals surface area contributed by atoms with Crippen LogP contribution < -0.4 is 4.80 Å². The van der Waals surface area contributed by atoms with Crippen LogP contribution in [-0.4, -0.2) is 31.5 Å². The van der Waals surface area contributed by atoms with Crippen LogP contribution in [-0.2, 0) is 6.54 Å². The van der Waals surface area contributed by atoms with Crippen molar-refractivity contribution in [1.82, 2.24) is 14.5 Å². The van der Waals surface area contributed by atoms with Gasteiger partial charge in [0, 0.05) is 23.2 Å². The fourth-order valence-corrected chi connectivity index (χ4v) is 3.66. The normalized spacial score (nSPS) is 11.8. The van der Waals surface area contributed by atoms with Crippen LogP contribution in [0.15, 0.2) is 65.2 Å². The number of carboxylic acid groups (broad SMARTS) is 1. The maximum absolute atomic E-state index is 12.7. The summed E-state index contributed by atoms with van der Waals surface area (Å²) in [6.07, 6.45) is 3.20. The standard InChI is InChI=1S/C19H14N4O3S/c24-17(14-9-21-16-13(14)7-4-8-20-16)22-19-23(15(11-27-19)18(25)26)10-12-5-2-1-3-6-12/h1-9,11H,10H2,(H,20,21)(H,25,26)/b22-19-. The molecule has 0 fully saturated rings. The molecule has 0 saturated heterocycles. The van der Waals surface area contributed by atoms with Crippen LogP contribution >= 0.6 is 11.3 Å². The number of aromatic carboxylic acids is 1. The second-order valence-corrected chi connectivity index (χ2v) is 6.64. The summed E-state index contributed by atoms with van der Waals surface area (Å²) in [5, 5.41) is 11.6. The summed E-state index contributed by atoms with van der Waals surface area (Å²) in [5.41, 5.74) is 2.01. The average Bonchev–Trinajstić information content (AvgIpc) is 3.27. The predicted octanol–water partition coefficient (Wildman–Crippen LogP) is 2.91. The van der Waals surface area contributed by atoms with E-state index in [1.165, 1.54) is 9.95 Å². The molecule has 0 atom stereocenters. The van der Waals surface area contributed by atoms with Crippen LogP contribution in [0.25, 0.3) is 11.0 Å². The number of aromatic amines is 1. The molecule has 7 nitrogen and oxygen atoms in total. The zero-order valence-electron chi connectivity index (χ0n) is 14.0. The Morgan fingerprint density at radius 1 is 1.19 bits per heavy atom. The minimum atomic E-state index is -1.06. The van der Waals surface area contributed by atoms with Gasteiger partial charge in [0.1, 0.15) is 11.3 Å². The second-order valence-electron chi connectivity index (χ2n) is 5.80. The number of carboxylic acids is 1. The summed E-state index contributed by atoms with van der Waals surface area (Å²) in [6, 6.07) is 13.0. The largest absolute Gasteiger partial charge is 0.477 e. The molecule has 0 unspecified atom stereocenters. The molecule has 2 N–H and O–H groups in total. The molecule has 0 bridgehead atoms. The van der Waals surface area contributed by atoms with Crippen molar-refractivity contribution in [2.75, 3.05) is 0 Å². The second kappa shape index (κ2) is 7.00. The van der Waals surface area contributed by atoms with Crippen molar-refractivity contribution in [2.45, 2.75) is 6.54 Å². The first kappa shape index (κ1) is 16.9. The van der Waals surface area contributed by atoms with Gasteiger partial charge in [-0.3, -0.25) is 4.79 Å². The molecule has 8 heteroatoms. The maximum Gasteiger partial charge on any atom is 0.353 e. The molecule has 4 rings (SSSR count). The van der Waals surface area contributed by atoms with E-state index in [0.29, 0.717) is 27.9 Å². The van der Waals surface area contributed by atoms with E-state index in [0.717, 1.165) is 16.9 Å². The molecular formula is C19H14N4O3S. The van der Waals surface area contributed by atoms with Gasteiger partial charge in [0.15, 0.2) is 4.80 Å². The quantitative estimate of drug-likeness (QED) is 0.570. The number of rotatable bonds is 4. The Hall–Kier alpha value is -3.52. The summed E-state index contributed by atoms with van der Waals surface area (Å²) in [7, 11) is 0. The highest BCUT2D eigenvalue weighted by Crippen LogP contribution is 2.16. The number of carbonyl (C=O) groups excluding carboxylic acids is 1. The topological polar surface area (TPSA) is 100 Å². The molecule has 0 aliphatic carbocycles. The van der Waals surface area contributed by atoms with Gasteiger partial charge in [-0.25, -0.2) is 9.78 Å². The van der Waals surface area contributed by atoms with E-state index in [1.807, 2.05) is 30.3 Å². The zero-order chi connectivity index (χ0) is 18.8. The summed E-state index contributed by atoms with van der Waals surface area (Å²) in [4.78, 5) is 35.9. The number of amides is 1. The van der Waals surface area contributed by atoms with Gasteiger partial charge in [-0.2, -0.15) is 4.99 Å². The van der Waals surface area contributed by atoms with Crippen molar-refractivity contribution in [2.24, 2.45) is 4.99 Å². The van der Waals surface area contributed by atoms with Gasteiger partial charge in [0.25, 0.3) is 5.91 Å². The first-order chi connectivity index (χ1) is 13.1. The van der Waals surface area contributed by atoms with Crippen LogP contribution in [0.5, 0.6) is 0 Å². The maximum atomic E-state index is 12.7. The zero-order valence-corrected chi connectivity index (χ0v) is 14.8. The fraction of sp³-hybridized carbons (Fsp3) is 0.0526. The van der Waals surface area contributed by atoms with E-state index in [4.69, 9.17) is 0 Å². The minimum Gasteiger partial charge on any atom is -0.477 e. The highest BCUT2D eigenvalue weighted by atomic mass is 32.1. The number of benzene rings is 1. The molecule has 4 aromatic rings.